The molecular formula is C23H25FN4OS. The van der Waals surface area contributed by atoms with Crippen LogP contribution in [0.25, 0.3) is 11.4 Å². The second kappa shape index (κ2) is 9.43. The molecule has 1 atom stereocenters. The van der Waals surface area contributed by atoms with E-state index in [2.05, 4.69) is 34.6 Å². The van der Waals surface area contributed by atoms with Crippen LogP contribution in [0.5, 0.6) is 0 Å². The monoisotopic (exact) mass is 424 g/mol. The lowest BCUT2D eigenvalue weighted by molar-refractivity contribution is -0.119. The number of benzene rings is 2. The molecule has 1 saturated carbocycles. The Morgan fingerprint density at radius 3 is 2.63 bits per heavy atom. The first-order valence-corrected chi connectivity index (χ1v) is 11.2. The predicted octanol–water partition coefficient (Wildman–Crippen LogP) is 4.33. The predicted molar refractivity (Wildman–Crippen MR) is 117 cm³/mol. The van der Waals surface area contributed by atoms with Crippen molar-refractivity contribution in [1.29, 1.82) is 0 Å². The van der Waals surface area contributed by atoms with Crippen LogP contribution in [-0.2, 0) is 17.8 Å². The lowest BCUT2D eigenvalue weighted by Crippen LogP contribution is -2.35. The Balaban J connectivity index is 1.51. The number of nitrogens with one attached hydrogen (secondary N) is 1. The van der Waals surface area contributed by atoms with Crippen molar-refractivity contribution in [3.63, 3.8) is 0 Å². The van der Waals surface area contributed by atoms with Crippen LogP contribution in [-0.4, -0.2) is 32.5 Å². The van der Waals surface area contributed by atoms with E-state index in [9.17, 15) is 9.18 Å². The number of carbonyl (C=O) groups is 1. The van der Waals surface area contributed by atoms with Crippen LogP contribution in [0, 0.1) is 11.7 Å². The van der Waals surface area contributed by atoms with Crippen molar-refractivity contribution in [2.45, 2.75) is 43.9 Å². The molecule has 1 aliphatic carbocycles. The fourth-order valence-corrected chi connectivity index (χ4v) is 4.24. The standard InChI is InChI=1S/C23H25FN4OS/c1-16(18-11-12-18)25-21(29)15-30-23-27-26-22(19-9-5-6-10-20(19)24)28(23)14-13-17-7-3-2-4-8-17/h2-10,16,18H,11-15H2,1H3,(H,25,29)/t16-/m0/s1. The summed E-state index contributed by atoms with van der Waals surface area (Å²) in [6.45, 7) is 2.65. The molecule has 0 aliphatic heterocycles. The first-order chi connectivity index (χ1) is 14.6. The van der Waals surface area contributed by atoms with Gasteiger partial charge in [0.1, 0.15) is 5.82 Å². The highest BCUT2D eigenvalue weighted by Gasteiger charge is 2.29. The van der Waals surface area contributed by atoms with Crippen LogP contribution in [0.15, 0.2) is 59.8 Å². The molecule has 0 unspecified atom stereocenters. The number of halogens is 1. The molecule has 156 valence electrons. The quantitative estimate of drug-likeness (QED) is 0.520. The summed E-state index contributed by atoms with van der Waals surface area (Å²) in [6, 6.07) is 16.9. The number of amides is 1. The maximum atomic E-state index is 14.4. The van der Waals surface area contributed by atoms with Crippen LogP contribution < -0.4 is 5.32 Å². The van der Waals surface area contributed by atoms with Gasteiger partial charge >= 0.3 is 0 Å². The van der Waals surface area contributed by atoms with Crippen molar-refractivity contribution >= 4 is 17.7 Å². The van der Waals surface area contributed by atoms with Crippen molar-refractivity contribution in [1.82, 2.24) is 20.1 Å². The average molecular weight is 425 g/mol. The van der Waals surface area contributed by atoms with Crippen molar-refractivity contribution in [3.05, 3.63) is 66.0 Å². The summed E-state index contributed by atoms with van der Waals surface area (Å²) >= 11 is 1.34. The van der Waals surface area contributed by atoms with E-state index in [4.69, 9.17) is 0 Å². The average Bonchev–Trinajstić information content (AvgIpc) is 3.53. The molecule has 0 saturated heterocycles. The van der Waals surface area contributed by atoms with Crippen LogP contribution in [0.2, 0.25) is 0 Å². The highest BCUT2D eigenvalue weighted by molar-refractivity contribution is 7.99. The minimum absolute atomic E-state index is 0.00977. The molecule has 0 spiro atoms. The van der Waals surface area contributed by atoms with Gasteiger partial charge in [0.05, 0.1) is 11.3 Å². The lowest BCUT2D eigenvalue weighted by atomic mass is 10.1. The van der Waals surface area contributed by atoms with E-state index in [1.54, 1.807) is 18.2 Å². The zero-order valence-electron chi connectivity index (χ0n) is 16.9. The first-order valence-electron chi connectivity index (χ1n) is 10.3. The molecule has 2 aromatic carbocycles. The fourth-order valence-electron chi connectivity index (χ4n) is 3.46. The zero-order chi connectivity index (χ0) is 20.9. The second-order valence-electron chi connectivity index (χ2n) is 7.66. The van der Waals surface area contributed by atoms with Crippen molar-refractivity contribution < 1.29 is 9.18 Å². The number of nitrogens with zero attached hydrogens (tertiary/aromatic N) is 3. The molecule has 0 bridgehead atoms. The van der Waals surface area contributed by atoms with Gasteiger partial charge < -0.3 is 9.88 Å². The molecule has 1 aromatic heterocycles. The van der Waals surface area contributed by atoms with Gasteiger partial charge in [-0.1, -0.05) is 54.2 Å². The highest BCUT2D eigenvalue weighted by atomic mass is 32.2. The minimum Gasteiger partial charge on any atom is -0.353 e. The zero-order valence-corrected chi connectivity index (χ0v) is 17.7. The van der Waals surface area contributed by atoms with E-state index in [1.165, 1.54) is 36.2 Å². The number of carbonyl (C=O) groups excluding carboxylic acids is 1. The van der Waals surface area contributed by atoms with E-state index in [0.717, 1.165) is 6.42 Å². The fraction of sp³-hybridized carbons (Fsp3) is 0.348. The minimum atomic E-state index is -0.335. The van der Waals surface area contributed by atoms with Crippen molar-refractivity contribution in [3.8, 4) is 11.4 Å². The van der Waals surface area contributed by atoms with E-state index < -0.39 is 0 Å². The molecule has 1 fully saturated rings. The Labute approximate surface area is 180 Å². The summed E-state index contributed by atoms with van der Waals surface area (Å²) in [4.78, 5) is 12.3. The maximum absolute atomic E-state index is 14.4. The second-order valence-corrected chi connectivity index (χ2v) is 8.60. The number of aromatic nitrogens is 3. The maximum Gasteiger partial charge on any atom is 0.230 e. The van der Waals surface area contributed by atoms with E-state index >= 15 is 0 Å². The number of thioether (sulfide) groups is 1. The number of hydrogen-bond donors (Lipinski definition) is 1. The Morgan fingerprint density at radius 2 is 1.90 bits per heavy atom. The SMILES string of the molecule is C[C@H](NC(=O)CSc1nnc(-c2ccccc2F)n1CCc1ccccc1)C1CC1. The molecule has 1 heterocycles. The molecule has 5 nitrogen and oxygen atoms in total. The number of rotatable bonds is 9. The van der Waals surface area contributed by atoms with Crippen molar-refractivity contribution in [2.75, 3.05) is 5.75 Å². The summed E-state index contributed by atoms with van der Waals surface area (Å²) in [5, 5.41) is 12.2. The van der Waals surface area contributed by atoms with Gasteiger partial charge in [-0.15, -0.1) is 10.2 Å². The third-order valence-electron chi connectivity index (χ3n) is 5.35. The van der Waals surface area contributed by atoms with Gasteiger partial charge in [-0.25, -0.2) is 4.39 Å². The van der Waals surface area contributed by atoms with Gasteiger partial charge in [-0.05, 0) is 49.8 Å². The van der Waals surface area contributed by atoms with Crippen molar-refractivity contribution in [2.24, 2.45) is 5.92 Å². The normalized spacial score (nSPS) is 14.5. The van der Waals surface area contributed by atoms with E-state index in [1.807, 2.05) is 22.8 Å². The highest BCUT2D eigenvalue weighted by Crippen LogP contribution is 2.32. The van der Waals surface area contributed by atoms with Crippen LogP contribution in [0.3, 0.4) is 0 Å². The van der Waals surface area contributed by atoms with Gasteiger partial charge in [-0.3, -0.25) is 4.79 Å². The van der Waals surface area contributed by atoms with Gasteiger partial charge in [0.25, 0.3) is 0 Å². The van der Waals surface area contributed by atoms with Crippen LogP contribution in [0.4, 0.5) is 4.39 Å². The lowest BCUT2D eigenvalue weighted by Gasteiger charge is -2.13. The topological polar surface area (TPSA) is 59.8 Å². The van der Waals surface area contributed by atoms with Gasteiger partial charge in [0.15, 0.2) is 11.0 Å². The third-order valence-corrected chi connectivity index (χ3v) is 6.32. The molecule has 1 amide bonds. The molecular weight excluding hydrogens is 399 g/mol. The molecule has 1 N–H and O–H groups in total. The van der Waals surface area contributed by atoms with E-state index in [0.29, 0.717) is 29.0 Å². The molecule has 7 heteroatoms. The summed E-state index contributed by atoms with van der Waals surface area (Å²) in [6.07, 6.45) is 3.14. The number of aryl methyl sites for hydroxylation is 1. The Morgan fingerprint density at radius 1 is 1.17 bits per heavy atom. The third kappa shape index (κ3) is 5.08. The largest absolute Gasteiger partial charge is 0.353 e. The smallest absolute Gasteiger partial charge is 0.230 e. The van der Waals surface area contributed by atoms with E-state index in [-0.39, 0.29) is 23.5 Å². The van der Waals surface area contributed by atoms with Gasteiger partial charge in [0, 0.05) is 12.6 Å². The van der Waals surface area contributed by atoms with Crippen LogP contribution >= 0.6 is 11.8 Å². The molecule has 1 aliphatic rings. The Bertz CT molecular complexity index is 1000. The Kier molecular flexibility index (Phi) is 6.47. The molecule has 30 heavy (non-hydrogen) atoms. The summed E-state index contributed by atoms with van der Waals surface area (Å²) < 4.78 is 16.3. The Hall–Kier alpha value is -2.67. The number of hydrogen-bond acceptors (Lipinski definition) is 4. The summed E-state index contributed by atoms with van der Waals surface area (Å²) in [7, 11) is 0. The molecule has 3 aromatic rings. The van der Waals surface area contributed by atoms with Crippen LogP contribution in [0.1, 0.15) is 25.3 Å². The molecule has 0 radical (unpaired) electrons. The molecule has 4 rings (SSSR count). The first kappa shape index (κ1) is 20.6. The van der Waals surface area contributed by atoms with Gasteiger partial charge in [0.2, 0.25) is 5.91 Å². The summed E-state index contributed by atoms with van der Waals surface area (Å²) in [5.41, 5.74) is 1.59. The van der Waals surface area contributed by atoms with Gasteiger partial charge in [-0.2, -0.15) is 0 Å². The summed E-state index contributed by atoms with van der Waals surface area (Å²) in [5.74, 6) is 1.01.